The highest BCUT2D eigenvalue weighted by Crippen LogP contribution is 2.34. The van der Waals surface area contributed by atoms with Gasteiger partial charge in [0.1, 0.15) is 11.1 Å². The van der Waals surface area contributed by atoms with Crippen LogP contribution in [0.15, 0.2) is 30.3 Å². The van der Waals surface area contributed by atoms with Crippen molar-refractivity contribution in [2.24, 2.45) is 0 Å². The summed E-state index contributed by atoms with van der Waals surface area (Å²) in [5.74, 6) is -0.318. The standard InChI is InChI=1S/C20H24N2O3S/c1-3-15-13(2)26-20(22-18(23)16-10-7-11-25-16)17(15)19(24)21-12-14-8-5-4-6-9-14/h4-6,8-9,16H,3,7,10-12H2,1-2H3,(H,21,24)(H,22,23)/t16-/m1/s1. The molecule has 1 fully saturated rings. The molecular formula is C20H24N2O3S. The van der Waals surface area contributed by atoms with E-state index in [1.165, 1.54) is 11.3 Å². The van der Waals surface area contributed by atoms with Crippen molar-refractivity contribution in [2.45, 2.75) is 45.8 Å². The number of carbonyl (C=O) groups excluding carboxylic acids is 2. The Hall–Kier alpha value is -2.18. The molecule has 0 aliphatic carbocycles. The van der Waals surface area contributed by atoms with Crippen molar-refractivity contribution in [3.05, 3.63) is 51.9 Å². The molecule has 2 aromatic rings. The fraction of sp³-hybridized carbons (Fsp3) is 0.400. The summed E-state index contributed by atoms with van der Waals surface area (Å²) in [5, 5.41) is 6.51. The lowest BCUT2D eigenvalue weighted by Gasteiger charge is -2.12. The van der Waals surface area contributed by atoms with Crippen LogP contribution in [0.2, 0.25) is 0 Å². The molecule has 1 aliphatic heterocycles. The minimum atomic E-state index is -0.414. The van der Waals surface area contributed by atoms with E-state index in [0.717, 1.165) is 35.3 Å². The van der Waals surface area contributed by atoms with Crippen molar-refractivity contribution in [2.75, 3.05) is 11.9 Å². The highest BCUT2D eigenvalue weighted by atomic mass is 32.1. The van der Waals surface area contributed by atoms with E-state index in [2.05, 4.69) is 10.6 Å². The average Bonchev–Trinajstić information content (AvgIpc) is 3.28. The zero-order valence-electron chi connectivity index (χ0n) is 15.1. The Balaban J connectivity index is 1.77. The lowest BCUT2D eigenvalue weighted by atomic mass is 10.1. The summed E-state index contributed by atoms with van der Waals surface area (Å²) >= 11 is 1.45. The van der Waals surface area contributed by atoms with Crippen LogP contribution < -0.4 is 10.6 Å². The molecule has 2 N–H and O–H groups in total. The number of nitrogens with one attached hydrogen (secondary N) is 2. The van der Waals surface area contributed by atoms with Gasteiger partial charge in [0.05, 0.1) is 5.56 Å². The Morgan fingerprint density at radius 2 is 2.04 bits per heavy atom. The van der Waals surface area contributed by atoms with Crippen LogP contribution in [0.3, 0.4) is 0 Å². The second kappa shape index (κ2) is 8.47. The van der Waals surface area contributed by atoms with Crippen molar-refractivity contribution < 1.29 is 14.3 Å². The van der Waals surface area contributed by atoms with Crippen LogP contribution in [0.4, 0.5) is 5.00 Å². The molecule has 1 aliphatic rings. The molecule has 3 rings (SSSR count). The van der Waals surface area contributed by atoms with Gasteiger partial charge in [0.2, 0.25) is 0 Å². The largest absolute Gasteiger partial charge is 0.368 e. The monoisotopic (exact) mass is 372 g/mol. The van der Waals surface area contributed by atoms with Crippen LogP contribution in [0.25, 0.3) is 0 Å². The Kier molecular flexibility index (Phi) is 6.06. The molecule has 26 heavy (non-hydrogen) atoms. The molecule has 0 bridgehead atoms. The topological polar surface area (TPSA) is 67.4 Å². The van der Waals surface area contributed by atoms with Crippen LogP contribution in [0, 0.1) is 6.92 Å². The van der Waals surface area contributed by atoms with Gasteiger partial charge >= 0.3 is 0 Å². The summed E-state index contributed by atoms with van der Waals surface area (Å²) < 4.78 is 5.45. The van der Waals surface area contributed by atoms with Gasteiger partial charge in [-0.3, -0.25) is 9.59 Å². The maximum Gasteiger partial charge on any atom is 0.254 e. The predicted molar refractivity (Wildman–Crippen MR) is 104 cm³/mol. The first-order valence-corrected chi connectivity index (χ1v) is 9.78. The molecule has 1 aromatic heterocycles. The van der Waals surface area contributed by atoms with Crippen LogP contribution in [-0.2, 0) is 22.5 Å². The molecule has 2 heterocycles. The molecule has 5 nitrogen and oxygen atoms in total. The number of thiophene rings is 1. The minimum Gasteiger partial charge on any atom is -0.368 e. The number of benzene rings is 1. The quantitative estimate of drug-likeness (QED) is 0.813. The summed E-state index contributed by atoms with van der Waals surface area (Å²) in [5.41, 5.74) is 2.61. The second-order valence-corrected chi connectivity index (χ2v) is 7.58. The third-order valence-electron chi connectivity index (χ3n) is 4.54. The molecule has 1 saturated heterocycles. The second-order valence-electron chi connectivity index (χ2n) is 6.35. The van der Waals surface area contributed by atoms with Gasteiger partial charge in [0.25, 0.3) is 11.8 Å². The number of hydrogen-bond acceptors (Lipinski definition) is 4. The summed E-state index contributed by atoms with van der Waals surface area (Å²) in [7, 11) is 0. The van der Waals surface area contributed by atoms with E-state index in [-0.39, 0.29) is 11.8 Å². The maximum absolute atomic E-state index is 12.8. The number of anilines is 1. The predicted octanol–water partition coefficient (Wildman–Crippen LogP) is 3.67. The van der Waals surface area contributed by atoms with E-state index < -0.39 is 6.10 Å². The maximum atomic E-state index is 12.8. The smallest absolute Gasteiger partial charge is 0.254 e. The van der Waals surface area contributed by atoms with E-state index in [1.54, 1.807) is 0 Å². The van der Waals surface area contributed by atoms with Crippen LogP contribution >= 0.6 is 11.3 Å². The van der Waals surface area contributed by atoms with Crippen molar-refractivity contribution in [3.63, 3.8) is 0 Å². The zero-order valence-corrected chi connectivity index (χ0v) is 15.9. The van der Waals surface area contributed by atoms with Gasteiger partial charge in [-0.2, -0.15) is 0 Å². The van der Waals surface area contributed by atoms with Crippen LogP contribution in [-0.4, -0.2) is 24.5 Å². The van der Waals surface area contributed by atoms with Crippen molar-refractivity contribution >= 4 is 28.2 Å². The van der Waals surface area contributed by atoms with Crippen LogP contribution in [0.5, 0.6) is 0 Å². The van der Waals surface area contributed by atoms with Gasteiger partial charge in [-0.1, -0.05) is 37.3 Å². The highest BCUT2D eigenvalue weighted by molar-refractivity contribution is 7.16. The van der Waals surface area contributed by atoms with Gasteiger partial charge in [0, 0.05) is 18.0 Å². The molecular weight excluding hydrogens is 348 g/mol. The SMILES string of the molecule is CCc1c(C)sc(NC(=O)[C@H]2CCCO2)c1C(=O)NCc1ccccc1. The fourth-order valence-electron chi connectivity index (χ4n) is 3.18. The van der Waals surface area contributed by atoms with Crippen molar-refractivity contribution in [1.82, 2.24) is 5.32 Å². The molecule has 0 saturated carbocycles. The van der Waals surface area contributed by atoms with Gasteiger partial charge in [-0.05, 0) is 37.3 Å². The minimum absolute atomic E-state index is 0.155. The number of hydrogen-bond donors (Lipinski definition) is 2. The molecule has 2 amide bonds. The van der Waals surface area contributed by atoms with Gasteiger partial charge in [-0.25, -0.2) is 0 Å². The van der Waals surface area contributed by atoms with E-state index >= 15 is 0 Å². The third-order valence-corrected chi connectivity index (χ3v) is 5.61. The number of rotatable bonds is 6. The molecule has 6 heteroatoms. The van der Waals surface area contributed by atoms with Gasteiger partial charge < -0.3 is 15.4 Å². The average molecular weight is 372 g/mol. The fourth-order valence-corrected chi connectivity index (χ4v) is 4.32. The summed E-state index contributed by atoms with van der Waals surface area (Å²) in [6.07, 6.45) is 1.95. The Morgan fingerprint density at radius 1 is 1.27 bits per heavy atom. The lowest BCUT2D eigenvalue weighted by molar-refractivity contribution is -0.124. The lowest BCUT2D eigenvalue weighted by Crippen LogP contribution is -2.29. The molecule has 0 radical (unpaired) electrons. The van der Waals surface area contributed by atoms with Crippen LogP contribution in [0.1, 0.15) is 46.1 Å². The van der Waals surface area contributed by atoms with Crippen molar-refractivity contribution in [3.8, 4) is 0 Å². The molecule has 1 aromatic carbocycles. The number of ether oxygens (including phenoxy) is 1. The first kappa shape index (κ1) is 18.6. The number of carbonyl (C=O) groups is 2. The Morgan fingerprint density at radius 3 is 2.69 bits per heavy atom. The van der Waals surface area contributed by atoms with Crippen molar-refractivity contribution in [1.29, 1.82) is 0 Å². The van der Waals surface area contributed by atoms with Gasteiger partial charge in [0.15, 0.2) is 0 Å². The molecule has 1 atom stereocenters. The number of amides is 2. The molecule has 0 spiro atoms. The zero-order chi connectivity index (χ0) is 18.5. The first-order chi connectivity index (χ1) is 12.6. The van der Waals surface area contributed by atoms with E-state index in [0.29, 0.717) is 23.7 Å². The van der Waals surface area contributed by atoms with E-state index in [4.69, 9.17) is 4.74 Å². The first-order valence-electron chi connectivity index (χ1n) is 8.97. The summed E-state index contributed by atoms with van der Waals surface area (Å²) in [6, 6.07) is 9.78. The van der Waals surface area contributed by atoms with E-state index in [9.17, 15) is 9.59 Å². The Labute approximate surface area is 157 Å². The third kappa shape index (κ3) is 4.14. The number of aryl methyl sites for hydroxylation is 1. The van der Waals surface area contributed by atoms with E-state index in [1.807, 2.05) is 44.2 Å². The molecule has 0 unspecified atom stereocenters. The van der Waals surface area contributed by atoms with Gasteiger partial charge in [-0.15, -0.1) is 11.3 Å². The molecule has 138 valence electrons. The summed E-state index contributed by atoms with van der Waals surface area (Å²) in [4.78, 5) is 26.3. The highest BCUT2D eigenvalue weighted by Gasteiger charge is 2.27. The summed E-state index contributed by atoms with van der Waals surface area (Å²) in [6.45, 7) is 5.08. The normalized spacial score (nSPS) is 16.5. The Bertz CT molecular complexity index is 780.